The smallest absolute Gasteiger partial charge is 0.323 e. The van der Waals surface area contributed by atoms with Crippen molar-refractivity contribution >= 4 is 28.6 Å². The van der Waals surface area contributed by atoms with E-state index in [0.29, 0.717) is 25.0 Å². The highest BCUT2D eigenvalue weighted by molar-refractivity contribution is 5.97. The summed E-state index contributed by atoms with van der Waals surface area (Å²) in [5.74, 6) is -0.352. The topological polar surface area (TPSA) is 68.6 Å². The fourth-order valence-electron chi connectivity index (χ4n) is 4.51. The average Bonchev–Trinajstić information content (AvgIpc) is 3.01. The Balaban J connectivity index is 1.96. The van der Waals surface area contributed by atoms with Crippen LogP contribution < -0.4 is 0 Å². The van der Waals surface area contributed by atoms with Crippen molar-refractivity contribution in [3.63, 3.8) is 0 Å². The van der Waals surface area contributed by atoms with Gasteiger partial charge in [0.05, 0.1) is 18.7 Å². The predicted molar refractivity (Wildman–Crippen MR) is 101 cm³/mol. The summed E-state index contributed by atoms with van der Waals surface area (Å²) < 4.78 is 6.82. The number of ether oxygens (including phenoxy) is 1. The molecule has 2 atom stereocenters. The summed E-state index contributed by atoms with van der Waals surface area (Å²) >= 11 is 0. The number of ketones is 1. The lowest BCUT2D eigenvalue weighted by Gasteiger charge is -2.43. The molecule has 0 fully saturated rings. The van der Waals surface area contributed by atoms with E-state index >= 15 is 0 Å². The Kier molecular flexibility index (Phi) is 4.23. The number of hydrogen-bond acceptors (Lipinski definition) is 5. The van der Waals surface area contributed by atoms with Gasteiger partial charge in [-0.15, -0.1) is 0 Å². The number of carbonyl (C=O) groups excluding carboxylic acids is 3. The van der Waals surface area contributed by atoms with E-state index in [2.05, 4.69) is 0 Å². The first-order valence-corrected chi connectivity index (χ1v) is 9.10. The van der Waals surface area contributed by atoms with Gasteiger partial charge in [-0.3, -0.25) is 23.9 Å². The van der Waals surface area contributed by atoms with Crippen molar-refractivity contribution in [2.24, 2.45) is 0 Å². The van der Waals surface area contributed by atoms with Crippen molar-refractivity contribution in [2.75, 3.05) is 13.7 Å². The van der Waals surface area contributed by atoms with Crippen LogP contribution in [-0.2, 0) is 20.7 Å². The molecule has 2 aliphatic heterocycles. The highest BCUT2D eigenvalue weighted by Crippen LogP contribution is 2.43. The molecular weight excluding hydrogens is 344 g/mol. The Hall–Kier alpha value is -2.73. The number of esters is 1. The van der Waals surface area contributed by atoms with Gasteiger partial charge in [-0.25, -0.2) is 0 Å². The van der Waals surface area contributed by atoms with Crippen molar-refractivity contribution < 1.29 is 19.1 Å². The molecule has 0 unspecified atom stereocenters. The van der Waals surface area contributed by atoms with Crippen LogP contribution in [0.2, 0.25) is 0 Å². The molecule has 0 spiro atoms. The van der Waals surface area contributed by atoms with Gasteiger partial charge in [-0.1, -0.05) is 24.3 Å². The highest BCUT2D eigenvalue weighted by atomic mass is 16.5. The van der Waals surface area contributed by atoms with Crippen LogP contribution in [0.3, 0.4) is 0 Å². The number of methoxy groups -OCH3 is 1. The average molecular weight is 366 g/mol. The molecule has 0 radical (unpaired) electrons. The molecule has 0 bridgehead atoms. The van der Waals surface area contributed by atoms with Crippen LogP contribution in [0, 0.1) is 0 Å². The highest BCUT2D eigenvalue weighted by Gasteiger charge is 2.43. The molecule has 6 nitrogen and oxygen atoms in total. The summed E-state index contributed by atoms with van der Waals surface area (Å²) in [4.78, 5) is 39.0. The van der Waals surface area contributed by atoms with Gasteiger partial charge >= 0.3 is 5.97 Å². The molecule has 0 saturated carbocycles. The van der Waals surface area contributed by atoms with Crippen LogP contribution in [0.25, 0.3) is 10.9 Å². The van der Waals surface area contributed by atoms with Gasteiger partial charge in [0.25, 0.3) is 0 Å². The molecule has 4 rings (SSSR count). The largest absolute Gasteiger partial charge is 0.468 e. The lowest BCUT2D eigenvalue weighted by atomic mass is 9.86. The second-order valence-electron chi connectivity index (χ2n) is 7.19. The molecule has 6 heteroatoms. The Morgan fingerprint density at radius 3 is 2.56 bits per heavy atom. The van der Waals surface area contributed by atoms with E-state index < -0.39 is 6.04 Å². The van der Waals surface area contributed by atoms with E-state index in [1.807, 2.05) is 35.2 Å². The number of aromatic nitrogens is 1. The van der Waals surface area contributed by atoms with Crippen LogP contribution in [0.15, 0.2) is 35.9 Å². The Morgan fingerprint density at radius 1 is 1.15 bits per heavy atom. The molecule has 0 amide bonds. The third kappa shape index (κ3) is 2.63. The van der Waals surface area contributed by atoms with Crippen molar-refractivity contribution in [1.82, 2.24) is 9.47 Å². The molecular formula is C21H22N2O4. The molecule has 2 aromatic rings. The van der Waals surface area contributed by atoms with Crippen LogP contribution in [0.1, 0.15) is 42.4 Å². The van der Waals surface area contributed by atoms with Crippen LogP contribution >= 0.6 is 0 Å². The van der Waals surface area contributed by atoms with Crippen LogP contribution in [0.5, 0.6) is 0 Å². The van der Waals surface area contributed by atoms with E-state index in [-0.39, 0.29) is 23.7 Å². The number of carbonyl (C=O) groups is 3. The zero-order valence-corrected chi connectivity index (χ0v) is 15.7. The van der Waals surface area contributed by atoms with Crippen LogP contribution in [0.4, 0.5) is 0 Å². The molecule has 0 aliphatic carbocycles. The third-order valence-electron chi connectivity index (χ3n) is 5.71. The summed E-state index contributed by atoms with van der Waals surface area (Å²) in [6.45, 7) is 3.49. The van der Waals surface area contributed by atoms with E-state index in [1.165, 1.54) is 7.11 Å². The minimum Gasteiger partial charge on any atom is -0.468 e. The quantitative estimate of drug-likeness (QED) is 0.765. The SMILES string of the molecule is COC(=O)[C@@H]1Cc2c(n(C(C)=O)c3ccccc23)[C@@H]2CC=C(C(C)=O)CN12. The van der Waals surface area contributed by atoms with E-state index in [0.717, 1.165) is 22.2 Å². The normalized spacial score (nSPS) is 22.0. The monoisotopic (exact) mass is 366 g/mol. The van der Waals surface area contributed by atoms with Crippen molar-refractivity contribution in [3.8, 4) is 0 Å². The molecule has 0 N–H and O–H groups in total. The molecule has 140 valence electrons. The first-order chi connectivity index (χ1) is 12.9. The minimum atomic E-state index is -0.471. The van der Waals surface area contributed by atoms with Crippen molar-refractivity contribution in [2.45, 2.75) is 38.8 Å². The summed E-state index contributed by atoms with van der Waals surface area (Å²) in [7, 11) is 1.39. The van der Waals surface area contributed by atoms with Gasteiger partial charge in [-0.2, -0.15) is 0 Å². The van der Waals surface area contributed by atoms with E-state index in [4.69, 9.17) is 4.74 Å². The minimum absolute atomic E-state index is 0.00924. The lowest BCUT2D eigenvalue weighted by Crippen LogP contribution is -2.51. The van der Waals surface area contributed by atoms with Gasteiger partial charge in [0.2, 0.25) is 5.91 Å². The number of rotatable bonds is 2. The maximum absolute atomic E-state index is 12.5. The zero-order valence-electron chi connectivity index (χ0n) is 15.7. The Labute approximate surface area is 157 Å². The molecule has 3 heterocycles. The van der Waals surface area contributed by atoms with Crippen molar-refractivity contribution in [1.29, 1.82) is 0 Å². The third-order valence-corrected chi connectivity index (χ3v) is 5.71. The van der Waals surface area contributed by atoms with Gasteiger partial charge in [0, 0.05) is 36.5 Å². The molecule has 2 aliphatic rings. The standard InChI is InChI=1S/C21H22N2O4/c1-12(24)14-8-9-18-20-16(10-19(21(26)27-3)22(18)11-14)15-6-4-5-7-17(15)23(20)13(2)25/h4-8,18-19H,9-11H2,1-3H3/t18-,19-/m0/s1. The second kappa shape index (κ2) is 6.46. The second-order valence-corrected chi connectivity index (χ2v) is 7.19. The van der Waals surface area contributed by atoms with Crippen LogP contribution in [-0.4, -0.2) is 46.8 Å². The summed E-state index contributed by atoms with van der Waals surface area (Å²) in [6.07, 6.45) is 2.98. The number of hydrogen-bond donors (Lipinski definition) is 0. The Bertz CT molecular complexity index is 1000. The zero-order chi connectivity index (χ0) is 19.3. The first-order valence-electron chi connectivity index (χ1n) is 9.10. The van der Waals surface area contributed by atoms with E-state index in [1.54, 1.807) is 18.4 Å². The fourth-order valence-corrected chi connectivity index (χ4v) is 4.51. The van der Waals surface area contributed by atoms with Crippen molar-refractivity contribution in [3.05, 3.63) is 47.2 Å². The fraction of sp³-hybridized carbons (Fsp3) is 0.381. The maximum Gasteiger partial charge on any atom is 0.323 e. The summed E-state index contributed by atoms with van der Waals surface area (Å²) in [6, 6.07) is 7.18. The van der Waals surface area contributed by atoms with Gasteiger partial charge in [-0.05, 0) is 25.0 Å². The molecule has 1 aromatic carbocycles. The lowest BCUT2D eigenvalue weighted by molar-refractivity contribution is -0.148. The maximum atomic E-state index is 12.5. The first kappa shape index (κ1) is 17.7. The Morgan fingerprint density at radius 2 is 1.89 bits per heavy atom. The van der Waals surface area contributed by atoms with Gasteiger partial charge < -0.3 is 4.74 Å². The molecule has 1 aromatic heterocycles. The molecule has 27 heavy (non-hydrogen) atoms. The number of para-hydroxylation sites is 1. The summed E-state index contributed by atoms with van der Waals surface area (Å²) in [5.41, 5.74) is 3.52. The number of nitrogens with zero attached hydrogens (tertiary/aromatic N) is 2. The number of Topliss-reactive ketones (excluding diaryl/α,β-unsaturated/α-hetero) is 1. The molecule has 0 saturated heterocycles. The summed E-state index contributed by atoms with van der Waals surface area (Å²) in [5, 5.41) is 0.998. The van der Waals surface area contributed by atoms with Gasteiger partial charge in [0.1, 0.15) is 6.04 Å². The number of benzene rings is 1. The predicted octanol–water partition coefficient (Wildman–Crippen LogP) is 2.66. The van der Waals surface area contributed by atoms with Gasteiger partial charge in [0.15, 0.2) is 5.78 Å². The number of fused-ring (bicyclic) bond motifs is 5. The van der Waals surface area contributed by atoms with E-state index in [9.17, 15) is 14.4 Å².